The molecular formula is C13H13NO2S. The van der Waals surface area contributed by atoms with Gasteiger partial charge in [0.1, 0.15) is 9.71 Å². The third-order valence-corrected chi connectivity index (χ3v) is 3.96. The van der Waals surface area contributed by atoms with Gasteiger partial charge in [0.15, 0.2) is 0 Å². The molecule has 2 aromatic rings. The predicted molar refractivity (Wildman–Crippen MR) is 67.6 cm³/mol. The van der Waals surface area contributed by atoms with E-state index in [-0.39, 0.29) is 5.97 Å². The van der Waals surface area contributed by atoms with Crippen molar-refractivity contribution in [2.24, 2.45) is 0 Å². The Bertz CT molecular complexity index is 572. The fraction of sp³-hybridized carbons (Fsp3) is 0.385. The zero-order valence-electron chi connectivity index (χ0n) is 9.60. The van der Waals surface area contributed by atoms with Gasteiger partial charge in [-0.1, -0.05) is 0 Å². The highest BCUT2D eigenvalue weighted by molar-refractivity contribution is 7.20. The highest BCUT2D eigenvalue weighted by Crippen LogP contribution is 2.41. The summed E-state index contributed by atoms with van der Waals surface area (Å²) >= 11 is 1.40. The summed E-state index contributed by atoms with van der Waals surface area (Å²) in [6.07, 6.45) is 4.47. The van der Waals surface area contributed by atoms with Crippen LogP contribution in [0.4, 0.5) is 0 Å². The number of hydrogen-bond acceptors (Lipinski definition) is 4. The summed E-state index contributed by atoms with van der Waals surface area (Å²) in [5, 5.41) is 1.06. The number of thiophene rings is 1. The van der Waals surface area contributed by atoms with Gasteiger partial charge in [-0.2, -0.15) is 0 Å². The van der Waals surface area contributed by atoms with Gasteiger partial charge in [-0.15, -0.1) is 11.3 Å². The van der Waals surface area contributed by atoms with Crippen LogP contribution in [0.25, 0.3) is 10.2 Å². The Labute approximate surface area is 103 Å². The zero-order valence-corrected chi connectivity index (χ0v) is 10.4. The van der Waals surface area contributed by atoms with Crippen molar-refractivity contribution in [1.29, 1.82) is 0 Å². The normalized spacial score (nSPS) is 15.1. The van der Waals surface area contributed by atoms with Gasteiger partial charge in [0.25, 0.3) is 0 Å². The summed E-state index contributed by atoms with van der Waals surface area (Å²) < 4.78 is 4.99. The van der Waals surface area contributed by atoms with Gasteiger partial charge >= 0.3 is 5.97 Å². The molecule has 0 radical (unpaired) electrons. The Morgan fingerprint density at radius 1 is 1.53 bits per heavy atom. The number of pyridine rings is 1. The minimum Gasteiger partial charge on any atom is -0.462 e. The molecule has 1 fully saturated rings. The Hall–Kier alpha value is -1.42. The summed E-state index contributed by atoms with van der Waals surface area (Å²) in [5.74, 6) is 0.446. The second-order valence-corrected chi connectivity index (χ2v) is 5.30. The smallest absolute Gasteiger partial charge is 0.348 e. The first kappa shape index (κ1) is 10.7. The van der Waals surface area contributed by atoms with E-state index in [4.69, 9.17) is 4.74 Å². The molecule has 2 aromatic heterocycles. The van der Waals surface area contributed by atoms with Gasteiger partial charge in [0.05, 0.1) is 6.61 Å². The molecule has 0 spiro atoms. The Kier molecular flexibility index (Phi) is 2.59. The molecule has 0 atom stereocenters. The van der Waals surface area contributed by atoms with E-state index in [2.05, 4.69) is 11.1 Å². The zero-order chi connectivity index (χ0) is 11.8. The molecule has 0 unspecified atom stereocenters. The first-order valence-electron chi connectivity index (χ1n) is 5.84. The molecule has 1 aliphatic rings. The quantitative estimate of drug-likeness (QED) is 0.781. The monoisotopic (exact) mass is 247 g/mol. The summed E-state index contributed by atoms with van der Waals surface area (Å²) in [4.78, 5) is 17.6. The largest absolute Gasteiger partial charge is 0.462 e. The first-order chi connectivity index (χ1) is 8.28. The van der Waals surface area contributed by atoms with Crippen molar-refractivity contribution in [3.05, 3.63) is 28.8 Å². The number of esters is 1. The maximum absolute atomic E-state index is 11.6. The van der Waals surface area contributed by atoms with Gasteiger partial charge < -0.3 is 4.74 Å². The van der Waals surface area contributed by atoms with Crippen molar-refractivity contribution in [2.75, 3.05) is 6.61 Å². The van der Waals surface area contributed by atoms with Crippen LogP contribution in [-0.2, 0) is 4.74 Å². The first-order valence-corrected chi connectivity index (χ1v) is 6.66. The molecule has 1 saturated carbocycles. The number of ether oxygens (including phenoxy) is 1. The molecule has 0 bridgehead atoms. The van der Waals surface area contributed by atoms with Crippen LogP contribution in [0.2, 0.25) is 0 Å². The van der Waals surface area contributed by atoms with Crippen molar-refractivity contribution in [3.8, 4) is 0 Å². The molecule has 3 rings (SSSR count). The average Bonchev–Trinajstić information content (AvgIpc) is 3.08. The van der Waals surface area contributed by atoms with Crippen LogP contribution in [0.15, 0.2) is 18.3 Å². The molecule has 0 amide bonds. The summed E-state index contributed by atoms with van der Waals surface area (Å²) in [6, 6.07) is 4.04. The molecule has 0 aliphatic heterocycles. The molecule has 0 N–H and O–H groups in total. The van der Waals surface area contributed by atoms with Crippen LogP contribution in [-0.4, -0.2) is 17.6 Å². The minimum atomic E-state index is -0.247. The number of aromatic nitrogens is 1. The third kappa shape index (κ3) is 2.05. The van der Waals surface area contributed by atoms with Crippen LogP contribution in [0.5, 0.6) is 0 Å². The van der Waals surface area contributed by atoms with Gasteiger partial charge in [0.2, 0.25) is 0 Å². The molecule has 17 heavy (non-hydrogen) atoms. The van der Waals surface area contributed by atoms with Gasteiger partial charge in [-0.25, -0.2) is 9.78 Å². The van der Waals surface area contributed by atoms with Crippen molar-refractivity contribution in [2.45, 2.75) is 25.7 Å². The lowest BCUT2D eigenvalue weighted by Gasteiger charge is -1.95. The van der Waals surface area contributed by atoms with E-state index in [1.807, 2.05) is 19.2 Å². The van der Waals surface area contributed by atoms with Gasteiger partial charge in [-0.3, -0.25) is 0 Å². The fourth-order valence-electron chi connectivity index (χ4n) is 1.89. The lowest BCUT2D eigenvalue weighted by molar-refractivity contribution is 0.0532. The van der Waals surface area contributed by atoms with E-state index in [0.29, 0.717) is 17.4 Å². The van der Waals surface area contributed by atoms with E-state index in [9.17, 15) is 4.79 Å². The molecule has 1 aliphatic carbocycles. The molecule has 0 aromatic carbocycles. The van der Waals surface area contributed by atoms with E-state index < -0.39 is 0 Å². The molecular weight excluding hydrogens is 234 g/mol. The van der Waals surface area contributed by atoms with Gasteiger partial charge in [0, 0.05) is 11.6 Å². The van der Waals surface area contributed by atoms with Crippen LogP contribution >= 0.6 is 11.3 Å². The second-order valence-electron chi connectivity index (χ2n) is 4.27. The second kappa shape index (κ2) is 4.11. The Balaban J connectivity index is 1.97. The SMILES string of the molecule is CCOC(=O)c1cc2cc(C3CC3)cnc2s1. The summed E-state index contributed by atoms with van der Waals surface area (Å²) in [6.45, 7) is 2.22. The highest BCUT2D eigenvalue weighted by atomic mass is 32.1. The van der Waals surface area contributed by atoms with Crippen LogP contribution in [0.3, 0.4) is 0 Å². The number of fused-ring (bicyclic) bond motifs is 1. The lowest BCUT2D eigenvalue weighted by atomic mass is 10.1. The van der Waals surface area contributed by atoms with Gasteiger partial charge in [-0.05, 0) is 43.4 Å². The van der Waals surface area contributed by atoms with Crippen LogP contribution < -0.4 is 0 Å². The number of rotatable bonds is 3. The average molecular weight is 247 g/mol. The number of hydrogen-bond donors (Lipinski definition) is 0. The lowest BCUT2D eigenvalue weighted by Crippen LogP contribution is -2.01. The maximum Gasteiger partial charge on any atom is 0.348 e. The molecule has 2 heterocycles. The number of carbonyl (C=O) groups is 1. The third-order valence-electron chi connectivity index (χ3n) is 2.92. The summed E-state index contributed by atoms with van der Waals surface area (Å²) in [5.41, 5.74) is 1.30. The molecule has 88 valence electrons. The summed E-state index contributed by atoms with van der Waals surface area (Å²) in [7, 11) is 0. The number of carbonyl (C=O) groups excluding carboxylic acids is 1. The highest BCUT2D eigenvalue weighted by Gasteiger charge is 2.24. The number of nitrogens with zero attached hydrogens (tertiary/aromatic N) is 1. The van der Waals surface area contributed by atoms with Crippen molar-refractivity contribution in [1.82, 2.24) is 4.98 Å². The Morgan fingerprint density at radius 3 is 3.06 bits per heavy atom. The standard InChI is InChI=1S/C13H13NO2S/c1-2-16-13(15)11-6-9-5-10(8-3-4-8)7-14-12(9)17-11/h5-8H,2-4H2,1H3. The van der Waals surface area contributed by atoms with Crippen LogP contribution in [0.1, 0.15) is 40.9 Å². The molecule has 4 heteroatoms. The van der Waals surface area contributed by atoms with E-state index in [0.717, 1.165) is 10.2 Å². The predicted octanol–water partition coefficient (Wildman–Crippen LogP) is 3.35. The van der Waals surface area contributed by atoms with E-state index >= 15 is 0 Å². The minimum absolute atomic E-state index is 0.247. The Morgan fingerprint density at radius 2 is 2.35 bits per heavy atom. The topological polar surface area (TPSA) is 39.2 Å². The van der Waals surface area contributed by atoms with Crippen LogP contribution in [0, 0.1) is 0 Å². The maximum atomic E-state index is 11.6. The molecule has 3 nitrogen and oxygen atoms in total. The van der Waals surface area contributed by atoms with E-state index in [1.54, 1.807) is 0 Å². The van der Waals surface area contributed by atoms with Crippen molar-refractivity contribution in [3.63, 3.8) is 0 Å². The van der Waals surface area contributed by atoms with Crippen molar-refractivity contribution >= 4 is 27.5 Å². The molecule has 0 saturated heterocycles. The van der Waals surface area contributed by atoms with E-state index in [1.165, 1.54) is 29.7 Å². The van der Waals surface area contributed by atoms with Crippen molar-refractivity contribution < 1.29 is 9.53 Å². The fourth-order valence-corrected chi connectivity index (χ4v) is 2.77.